The maximum Gasteiger partial charge on any atom is 0.0870 e. The fourth-order valence-electron chi connectivity index (χ4n) is 0.557. The molecule has 0 unspecified atom stereocenters. The zero-order chi connectivity index (χ0) is 5.11. The molecule has 0 aromatic rings. The van der Waals surface area contributed by atoms with Crippen molar-refractivity contribution in [2.45, 2.75) is 19.8 Å². The molecule has 1 nitrogen and oxygen atoms in total. The van der Waals surface area contributed by atoms with E-state index in [4.69, 9.17) is 0 Å². The first kappa shape index (κ1) is 4.57. The van der Waals surface area contributed by atoms with Crippen LogP contribution in [0.4, 0.5) is 0 Å². The molecule has 1 aliphatic heterocycles. The standard InChI is InChI=1S/C6H8N/c1-6-3-2-4-7-5-6/h4H,2-3H2,1H3. The molecule has 0 aromatic heterocycles. The number of allylic oxidation sites excluding steroid dienone is 1. The lowest BCUT2D eigenvalue weighted by Gasteiger charge is -1.96. The summed E-state index contributed by atoms with van der Waals surface area (Å²) in [5.74, 6) is 0. The lowest BCUT2D eigenvalue weighted by molar-refractivity contribution is 0.981. The molecule has 1 heteroatoms. The van der Waals surface area contributed by atoms with Crippen molar-refractivity contribution in [3.05, 3.63) is 11.8 Å². The molecule has 7 heavy (non-hydrogen) atoms. The van der Waals surface area contributed by atoms with Gasteiger partial charge in [0.2, 0.25) is 0 Å². The minimum Gasteiger partial charge on any atom is -0.259 e. The van der Waals surface area contributed by atoms with Gasteiger partial charge in [0.25, 0.3) is 0 Å². The molecule has 0 N–H and O–H groups in total. The van der Waals surface area contributed by atoms with Gasteiger partial charge in [-0.3, -0.25) is 4.99 Å². The number of nitrogens with zero attached hydrogens (tertiary/aromatic N) is 1. The van der Waals surface area contributed by atoms with E-state index in [2.05, 4.69) is 18.1 Å². The van der Waals surface area contributed by atoms with Crippen LogP contribution < -0.4 is 0 Å². The quantitative estimate of drug-likeness (QED) is 0.432. The van der Waals surface area contributed by atoms with Gasteiger partial charge in [-0.2, -0.15) is 0 Å². The predicted octanol–water partition coefficient (Wildman–Crippen LogP) is 1.56. The van der Waals surface area contributed by atoms with Crippen molar-refractivity contribution in [3.63, 3.8) is 0 Å². The van der Waals surface area contributed by atoms with Crippen molar-refractivity contribution < 1.29 is 0 Å². The second kappa shape index (κ2) is 1.92. The molecule has 0 amide bonds. The van der Waals surface area contributed by atoms with E-state index in [-0.39, 0.29) is 0 Å². The summed E-state index contributed by atoms with van der Waals surface area (Å²) in [4.78, 5) is 3.85. The van der Waals surface area contributed by atoms with Crippen molar-refractivity contribution in [2.24, 2.45) is 4.99 Å². The molecule has 1 aliphatic rings. The van der Waals surface area contributed by atoms with E-state index in [1.807, 2.05) is 6.21 Å². The first-order chi connectivity index (χ1) is 3.39. The molecule has 1 heterocycles. The van der Waals surface area contributed by atoms with Crippen LogP contribution in [-0.2, 0) is 0 Å². The third-order valence-electron chi connectivity index (χ3n) is 0.995. The Morgan fingerprint density at radius 2 is 2.71 bits per heavy atom. The molecular weight excluding hydrogens is 86.1 g/mol. The highest BCUT2D eigenvalue weighted by Crippen LogP contribution is 2.04. The lowest BCUT2D eigenvalue weighted by atomic mass is 10.2. The highest BCUT2D eigenvalue weighted by Gasteiger charge is 1.90. The normalized spacial score (nSPS) is 19.3. The molecule has 0 fully saturated rings. The van der Waals surface area contributed by atoms with E-state index in [9.17, 15) is 0 Å². The van der Waals surface area contributed by atoms with Crippen LogP contribution in [0.5, 0.6) is 0 Å². The fourth-order valence-corrected chi connectivity index (χ4v) is 0.557. The van der Waals surface area contributed by atoms with Gasteiger partial charge in [-0.15, -0.1) is 0 Å². The van der Waals surface area contributed by atoms with Gasteiger partial charge in [-0.25, -0.2) is 0 Å². The summed E-state index contributed by atoms with van der Waals surface area (Å²) in [7, 11) is 0. The Morgan fingerprint density at radius 3 is 3.00 bits per heavy atom. The van der Waals surface area contributed by atoms with Gasteiger partial charge in [-0.1, -0.05) is 0 Å². The van der Waals surface area contributed by atoms with E-state index in [1.165, 1.54) is 5.57 Å². The smallest absolute Gasteiger partial charge is 0.0870 e. The Balaban J connectivity index is 2.57. The van der Waals surface area contributed by atoms with Crippen LogP contribution in [-0.4, -0.2) is 6.21 Å². The van der Waals surface area contributed by atoms with Crippen LogP contribution in [0.2, 0.25) is 0 Å². The number of hydrogen-bond acceptors (Lipinski definition) is 1. The van der Waals surface area contributed by atoms with Crippen LogP contribution in [0.3, 0.4) is 0 Å². The Bertz CT molecular complexity index is 111. The van der Waals surface area contributed by atoms with Gasteiger partial charge in [-0.05, 0) is 25.3 Å². The third kappa shape index (κ3) is 1.15. The first-order valence-corrected chi connectivity index (χ1v) is 2.49. The van der Waals surface area contributed by atoms with Crippen LogP contribution in [0, 0.1) is 6.20 Å². The summed E-state index contributed by atoms with van der Waals surface area (Å²) in [6.07, 6.45) is 7.00. The molecule has 0 saturated carbocycles. The monoisotopic (exact) mass is 94.1 g/mol. The van der Waals surface area contributed by atoms with Gasteiger partial charge in [0, 0.05) is 6.21 Å². The highest BCUT2D eigenvalue weighted by atomic mass is 14.7. The average molecular weight is 94.1 g/mol. The van der Waals surface area contributed by atoms with E-state index in [1.54, 1.807) is 0 Å². The van der Waals surface area contributed by atoms with Crippen molar-refractivity contribution in [3.8, 4) is 0 Å². The maximum absolute atomic E-state index is 3.85. The number of rotatable bonds is 0. The summed E-state index contributed by atoms with van der Waals surface area (Å²) < 4.78 is 0. The minimum atomic E-state index is 1.10. The third-order valence-corrected chi connectivity index (χ3v) is 0.995. The predicted molar refractivity (Wildman–Crippen MR) is 30.2 cm³/mol. The topological polar surface area (TPSA) is 12.4 Å². The molecular formula is C6H8N. The molecule has 0 aliphatic carbocycles. The zero-order valence-corrected chi connectivity index (χ0v) is 4.44. The lowest BCUT2D eigenvalue weighted by Crippen LogP contribution is -1.84. The van der Waals surface area contributed by atoms with E-state index in [0.717, 1.165) is 12.8 Å². The average Bonchev–Trinajstić information content (AvgIpc) is 1.69. The Morgan fingerprint density at radius 1 is 1.86 bits per heavy atom. The Labute approximate surface area is 43.8 Å². The van der Waals surface area contributed by atoms with Gasteiger partial charge < -0.3 is 0 Å². The zero-order valence-electron chi connectivity index (χ0n) is 4.44. The summed E-state index contributed by atoms with van der Waals surface area (Å²) >= 11 is 0. The Hall–Kier alpha value is -0.590. The van der Waals surface area contributed by atoms with Gasteiger partial charge in [0.1, 0.15) is 0 Å². The summed E-state index contributed by atoms with van der Waals surface area (Å²) in [5.41, 5.74) is 1.27. The fraction of sp³-hybridized carbons (Fsp3) is 0.500. The van der Waals surface area contributed by atoms with Gasteiger partial charge >= 0.3 is 0 Å². The van der Waals surface area contributed by atoms with Crippen molar-refractivity contribution in [1.29, 1.82) is 0 Å². The number of hydrogen-bond donors (Lipinski definition) is 0. The second-order valence-electron chi connectivity index (χ2n) is 1.74. The van der Waals surface area contributed by atoms with Gasteiger partial charge in [0.15, 0.2) is 0 Å². The van der Waals surface area contributed by atoms with Crippen molar-refractivity contribution >= 4 is 6.21 Å². The number of aliphatic imine (C=N–C) groups is 1. The SMILES string of the molecule is CC1=[C]N=CCC1. The molecule has 37 valence electrons. The molecule has 0 bridgehead atoms. The minimum absolute atomic E-state index is 1.10. The first-order valence-electron chi connectivity index (χ1n) is 2.49. The molecule has 0 spiro atoms. The summed E-state index contributed by atoms with van der Waals surface area (Å²) in [5, 5.41) is 0. The van der Waals surface area contributed by atoms with E-state index >= 15 is 0 Å². The molecule has 1 rings (SSSR count). The Kier molecular flexibility index (Phi) is 1.25. The van der Waals surface area contributed by atoms with Crippen LogP contribution in [0.25, 0.3) is 0 Å². The van der Waals surface area contributed by atoms with Crippen molar-refractivity contribution in [2.75, 3.05) is 0 Å². The highest BCUT2D eigenvalue weighted by molar-refractivity contribution is 5.59. The van der Waals surface area contributed by atoms with Crippen molar-refractivity contribution in [1.82, 2.24) is 0 Å². The molecule has 1 radical (unpaired) electrons. The van der Waals surface area contributed by atoms with E-state index in [0.29, 0.717) is 0 Å². The largest absolute Gasteiger partial charge is 0.259 e. The summed E-state index contributed by atoms with van der Waals surface area (Å²) in [6.45, 7) is 2.05. The molecule has 0 atom stereocenters. The maximum atomic E-state index is 3.85. The van der Waals surface area contributed by atoms with Gasteiger partial charge in [0.05, 0.1) is 6.20 Å². The molecule has 0 saturated heterocycles. The molecule has 0 aromatic carbocycles. The van der Waals surface area contributed by atoms with Crippen LogP contribution in [0.1, 0.15) is 19.8 Å². The van der Waals surface area contributed by atoms with Crippen LogP contribution >= 0.6 is 0 Å². The summed E-state index contributed by atoms with van der Waals surface area (Å²) in [6, 6.07) is 0. The van der Waals surface area contributed by atoms with Crippen LogP contribution in [0.15, 0.2) is 10.6 Å². The van der Waals surface area contributed by atoms with E-state index < -0.39 is 0 Å². The second-order valence-corrected chi connectivity index (χ2v) is 1.74.